The standard InChI is InChI=1S/C47H50ClN5O4/c48-36-5-4-6-38-39(36)42(55)50-44-47(13-2-1-3-14-47)35-21-29(7-10-37(35)53(38)44)28-11-17-51(18-12-28)31-24-45(25-31)22-30(23-45)43(56)52-19-15-46(16-20-52)27-57-40-33-26-49-41(54)32(33)8-9-34(40)46/h4-10,21,28,30-31H,1-3,11-20,22-27H2,(H,49,54). The minimum atomic E-state index is -0.211. The van der Waals surface area contributed by atoms with Gasteiger partial charge in [0.2, 0.25) is 5.91 Å². The molecule has 0 bridgehead atoms. The third-order valence-electron chi connectivity index (χ3n) is 16.4. The smallest absolute Gasteiger partial charge is 0.282 e. The van der Waals surface area contributed by atoms with Gasteiger partial charge in [0, 0.05) is 53.7 Å². The summed E-state index contributed by atoms with van der Waals surface area (Å²) in [5, 5.41) is 3.92. The topological polar surface area (TPSA) is 96.8 Å². The number of hydrogen-bond donors (Lipinski definition) is 1. The van der Waals surface area contributed by atoms with Crippen molar-refractivity contribution in [2.24, 2.45) is 11.3 Å². The Labute approximate surface area is 338 Å². The lowest BCUT2D eigenvalue weighted by Crippen LogP contribution is -2.60. The lowest BCUT2D eigenvalue weighted by molar-refractivity contribution is -0.155. The second-order valence-corrected chi connectivity index (χ2v) is 19.6. The molecule has 12 rings (SSSR count). The highest BCUT2D eigenvalue weighted by Gasteiger charge is 2.57. The summed E-state index contributed by atoms with van der Waals surface area (Å²) in [6, 6.07) is 17.6. The summed E-state index contributed by atoms with van der Waals surface area (Å²) in [5.41, 5.74) is 7.73. The fourth-order valence-electron chi connectivity index (χ4n) is 13.2. The number of likely N-dealkylation sites (tertiary alicyclic amines) is 2. The zero-order chi connectivity index (χ0) is 38.3. The number of amides is 2. The Morgan fingerprint density at radius 2 is 1.67 bits per heavy atom. The average molecular weight is 784 g/mol. The van der Waals surface area contributed by atoms with Crippen molar-refractivity contribution >= 4 is 34.3 Å². The van der Waals surface area contributed by atoms with Crippen molar-refractivity contribution in [2.45, 2.75) is 113 Å². The van der Waals surface area contributed by atoms with Crippen LogP contribution in [0.3, 0.4) is 0 Å². The summed E-state index contributed by atoms with van der Waals surface area (Å²) < 4.78 is 8.50. The molecular formula is C47H50ClN5O4. The Hall–Kier alpha value is -4.21. The van der Waals surface area contributed by atoms with E-state index in [0.29, 0.717) is 46.8 Å². The van der Waals surface area contributed by atoms with Crippen LogP contribution in [-0.2, 0) is 22.2 Å². The summed E-state index contributed by atoms with van der Waals surface area (Å²) in [6.45, 7) is 5.04. The minimum absolute atomic E-state index is 0.00972. The van der Waals surface area contributed by atoms with Crippen LogP contribution in [0.1, 0.15) is 128 Å². The van der Waals surface area contributed by atoms with Crippen molar-refractivity contribution in [3.63, 3.8) is 0 Å². The van der Waals surface area contributed by atoms with Crippen molar-refractivity contribution in [1.29, 1.82) is 0 Å². The number of halogens is 1. The molecule has 3 spiro atoms. The average Bonchev–Trinajstić information content (AvgIpc) is 3.84. The van der Waals surface area contributed by atoms with Crippen LogP contribution in [-0.4, -0.2) is 70.0 Å². The van der Waals surface area contributed by atoms with E-state index in [-0.39, 0.29) is 28.2 Å². The number of piperidine rings is 2. The van der Waals surface area contributed by atoms with Crippen LogP contribution in [0.2, 0.25) is 5.02 Å². The molecule has 10 heteroatoms. The van der Waals surface area contributed by atoms with Gasteiger partial charge in [-0.2, -0.15) is 4.98 Å². The first-order chi connectivity index (χ1) is 27.7. The number of aromatic nitrogens is 2. The lowest BCUT2D eigenvalue weighted by Gasteiger charge is -2.60. The van der Waals surface area contributed by atoms with E-state index in [2.05, 4.69) is 43.9 Å². The van der Waals surface area contributed by atoms with Crippen LogP contribution in [0.25, 0.3) is 16.6 Å². The van der Waals surface area contributed by atoms with Gasteiger partial charge in [-0.1, -0.05) is 55.1 Å². The number of nitrogens with zero attached hydrogens (tertiary/aromatic N) is 4. The number of carbonyl (C=O) groups excluding carboxylic acids is 2. The van der Waals surface area contributed by atoms with E-state index in [9.17, 15) is 14.4 Å². The fraction of sp³-hybridized carbons (Fsp3) is 0.532. The van der Waals surface area contributed by atoms with E-state index in [1.54, 1.807) is 6.07 Å². The third-order valence-corrected chi connectivity index (χ3v) is 16.7. The zero-order valence-corrected chi connectivity index (χ0v) is 33.3. The van der Waals surface area contributed by atoms with Crippen LogP contribution in [0.5, 0.6) is 5.75 Å². The molecule has 57 heavy (non-hydrogen) atoms. The van der Waals surface area contributed by atoms with E-state index in [1.165, 1.54) is 54.5 Å². The van der Waals surface area contributed by atoms with Crippen molar-refractivity contribution in [2.75, 3.05) is 32.8 Å². The molecule has 3 saturated carbocycles. The zero-order valence-electron chi connectivity index (χ0n) is 32.6. The van der Waals surface area contributed by atoms with Crippen LogP contribution in [0, 0.1) is 11.3 Å². The second kappa shape index (κ2) is 12.4. The van der Waals surface area contributed by atoms with Gasteiger partial charge in [0.15, 0.2) is 0 Å². The van der Waals surface area contributed by atoms with E-state index in [1.807, 2.05) is 18.2 Å². The van der Waals surface area contributed by atoms with Crippen molar-refractivity contribution in [1.82, 2.24) is 24.7 Å². The van der Waals surface area contributed by atoms with Gasteiger partial charge in [0.25, 0.3) is 11.5 Å². The van der Waals surface area contributed by atoms with Gasteiger partial charge < -0.3 is 19.9 Å². The minimum Gasteiger partial charge on any atom is -0.492 e. The monoisotopic (exact) mass is 783 g/mol. The molecule has 2 amide bonds. The summed E-state index contributed by atoms with van der Waals surface area (Å²) in [4.78, 5) is 49.0. The predicted octanol–water partition coefficient (Wildman–Crippen LogP) is 7.54. The number of nitrogens with one attached hydrogen (secondary N) is 1. The number of benzene rings is 3. The molecule has 0 atom stereocenters. The summed E-state index contributed by atoms with van der Waals surface area (Å²) in [6.07, 6.45) is 14.4. The molecule has 8 aliphatic rings. The molecule has 0 radical (unpaired) electrons. The number of rotatable bonds is 3. The Morgan fingerprint density at radius 1 is 0.877 bits per heavy atom. The van der Waals surface area contributed by atoms with E-state index < -0.39 is 0 Å². The van der Waals surface area contributed by atoms with Gasteiger partial charge in [-0.15, -0.1) is 0 Å². The molecule has 4 aromatic rings. The van der Waals surface area contributed by atoms with Crippen LogP contribution >= 0.6 is 11.6 Å². The van der Waals surface area contributed by atoms with E-state index in [4.69, 9.17) is 21.3 Å². The SMILES string of the molecule is O=C1NCc2c1ccc1c2OCC12CCN(C(=O)C1CC3(C1)CC(N1CCC(c4ccc5c(c4)C4(CCCCC4)c4nc(=O)c6c(Cl)cccc6n4-5)CC1)C3)CC2. The second-order valence-electron chi connectivity index (χ2n) is 19.2. The first kappa shape index (κ1) is 34.8. The molecule has 1 N–H and O–H groups in total. The molecule has 3 aromatic carbocycles. The van der Waals surface area contributed by atoms with E-state index in [0.717, 1.165) is 106 Å². The highest BCUT2D eigenvalue weighted by Crippen LogP contribution is 2.61. The molecule has 5 aliphatic heterocycles. The van der Waals surface area contributed by atoms with Gasteiger partial charge in [-0.3, -0.25) is 19.0 Å². The molecular weight excluding hydrogens is 734 g/mol. The fourth-order valence-corrected chi connectivity index (χ4v) is 13.5. The van der Waals surface area contributed by atoms with Gasteiger partial charge in [-0.05, 0) is 124 Å². The number of ether oxygens (including phenoxy) is 1. The Bertz CT molecular complexity index is 2440. The maximum atomic E-state index is 13.7. The highest BCUT2D eigenvalue weighted by atomic mass is 35.5. The summed E-state index contributed by atoms with van der Waals surface area (Å²) in [7, 11) is 0. The predicted molar refractivity (Wildman–Crippen MR) is 219 cm³/mol. The van der Waals surface area contributed by atoms with Gasteiger partial charge >= 0.3 is 0 Å². The largest absolute Gasteiger partial charge is 0.492 e. The molecule has 5 fully saturated rings. The molecule has 294 valence electrons. The first-order valence-corrected chi connectivity index (χ1v) is 22.1. The number of hydrogen-bond acceptors (Lipinski definition) is 6. The number of fused-ring (bicyclic) bond motifs is 11. The number of carbonyl (C=O) groups is 2. The van der Waals surface area contributed by atoms with Crippen LogP contribution in [0.15, 0.2) is 53.3 Å². The highest BCUT2D eigenvalue weighted by molar-refractivity contribution is 6.35. The molecule has 0 unspecified atom stereocenters. The van der Waals surface area contributed by atoms with Crippen molar-refractivity contribution in [3.8, 4) is 11.4 Å². The maximum Gasteiger partial charge on any atom is 0.282 e. The Morgan fingerprint density at radius 3 is 2.46 bits per heavy atom. The van der Waals surface area contributed by atoms with Crippen LogP contribution in [0.4, 0.5) is 0 Å². The molecule has 6 heterocycles. The quantitative estimate of drug-likeness (QED) is 0.231. The molecule has 3 aliphatic carbocycles. The summed E-state index contributed by atoms with van der Waals surface area (Å²) in [5.74, 6) is 2.90. The lowest BCUT2D eigenvalue weighted by atomic mass is 9.49. The van der Waals surface area contributed by atoms with Gasteiger partial charge in [0.1, 0.15) is 11.6 Å². The van der Waals surface area contributed by atoms with Crippen LogP contribution < -0.4 is 15.6 Å². The van der Waals surface area contributed by atoms with Crippen molar-refractivity contribution < 1.29 is 14.3 Å². The molecule has 2 saturated heterocycles. The Kier molecular flexibility index (Phi) is 7.57. The first-order valence-electron chi connectivity index (χ1n) is 21.7. The molecule has 9 nitrogen and oxygen atoms in total. The maximum absolute atomic E-state index is 13.7. The van der Waals surface area contributed by atoms with Gasteiger partial charge in [0.05, 0.1) is 33.6 Å². The summed E-state index contributed by atoms with van der Waals surface area (Å²) >= 11 is 6.58. The molecule has 1 aromatic heterocycles. The Balaban J connectivity index is 0.673. The van der Waals surface area contributed by atoms with E-state index >= 15 is 0 Å². The van der Waals surface area contributed by atoms with Crippen molar-refractivity contribution in [3.05, 3.63) is 97.5 Å². The third kappa shape index (κ3) is 4.97. The normalized spacial score (nSPS) is 28.1. The van der Waals surface area contributed by atoms with Gasteiger partial charge in [-0.25, -0.2) is 0 Å².